The van der Waals surface area contributed by atoms with Gasteiger partial charge >= 0.3 is 0 Å². The number of ether oxygens (including phenoxy) is 1. The van der Waals surface area contributed by atoms with Crippen LogP contribution in [0.5, 0.6) is 0 Å². The molecule has 104 valence electrons. The second-order valence-corrected chi connectivity index (χ2v) is 5.25. The Morgan fingerprint density at radius 3 is 2.55 bits per heavy atom. The lowest BCUT2D eigenvalue weighted by Crippen LogP contribution is -2.37. The van der Waals surface area contributed by atoms with Crippen LogP contribution in [0.15, 0.2) is 54.6 Å². The minimum Gasteiger partial charge on any atom is -0.399 e. The number of hydrogen-bond acceptors (Lipinski definition) is 3. The van der Waals surface area contributed by atoms with Gasteiger partial charge in [0.1, 0.15) is 0 Å². The molecule has 3 rings (SSSR count). The molecule has 0 amide bonds. The van der Waals surface area contributed by atoms with Gasteiger partial charge in [0, 0.05) is 25.3 Å². The predicted molar refractivity (Wildman–Crippen MR) is 81.3 cm³/mol. The predicted octanol–water partition coefficient (Wildman–Crippen LogP) is 2.84. The first kappa shape index (κ1) is 13.2. The van der Waals surface area contributed by atoms with Crippen LogP contribution in [-0.2, 0) is 11.3 Å². The highest BCUT2D eigenvalue weighted by molar-refractivity contribution is 5.40. The summed E-state index contributed by atoms with van der Waals surface area (Å²) in [6.07, 6.45) is 0.146. The molecular weight excluding hydrogens is 248 g/mol. The molecule has 2 aromatic carbocycles. The van der Waals surface area contributed by atoms with E-state index < -0.39 is 0 Å². The average molecular weight is 268 g/mol. The number of nitrogen functional groups attached to an aromatic ring is 1. The van der Waals surface area contributed by atoms with Crippen LogP contribution in [0, 0.1) is 0 Å². The summed E-state index contributed by atoms with van der Waals surface area (Å²) >= 11 is 0. The summed E-state index contributed by atoms with van der Waals surface area (Å²) in [5, 5.41) is 0. The fourth-order valence-corrected chi connectivity index (χ4v) is 2.60. The molecule has 1 heterocycles. The van der Waals surface area contributed by atoms with Crippen molar-refractivity contribution in [1.82, 2.24) is 4.90 Å². The van der Waals surface area contributed by atoms with E-state index in [0.29, 0.717) is 0 Å². The molecule has 0 aromatic heterocycles. The van der Waals surface area contributed by atoms with Gasteiger partial charge in [0.15, 0.2) is 0 Å². The zero-order chi connectivity index (χ0) is 13.8. The average Bonchev–Trinajstić information content (AvgIpc) is 2.49. The van der Waals surface area contributed by atoms with Crippen LogP contribution in [0.2, 0.25) is 0 Å². The van der Waals surface area contributed by atoms with Crippen molar-refractivity contribution in [1.29, 1.82) is 0 Å². The first-order valence-corrected chi connectivity index (χ1v) is 7.04. The summed E-state index contributed by atoms with van der Waals surface area (Å²) in [5.41, 5.74) is 9.09. The summed E-state index contributed by atoms with van der Waals surface area (Å²) in [6.45, 7) is 3.68. The van der Waals surface area contributed by atoms with Gasteiger partial charge in [-0.05, 0) is 23.3 Å². The van der Waals surface area contributed by atoms with E-state index in [9.17, 15) is 0 Å². The summed E-state index contributed by atoms with van der Waals surface area (Å²) in [7, 11) is 0. The Balaban J connectivity index is 1.66. The van der Waals surface area contributed by atoms with E-state index in [2.05, 4.69) is 47.4 Å². The number of anilines is 1. The second-order valence-electron chi connectivity index (χ2n) is 5.25. The van der Waals surface area contributed by atoms with Crippen molar-refractivity contribution in [3.63, 3.8) is 0 Å². The Hall–Kier alpha value is -1.84. The molecule has 20 heavy (non-hydrogen) atoms. The Morgan fingerprint density at radius 2 is 1.80 bits per heavy atom. The molecule has 0 spiro atoms. The number of benzene rings is 2. The van der Waals surface area contributed by atoms with Gasteiger partial charge in [0.25, 0.3) is 0 Å². The van der Waals surface area contributed by atoms with Crippen molar-refractivity contribution in [3.8, 4) is 0 Å². The molecule has 0 saturated carbocycles. The zero-order valence-electron chi connectivity index (χ0n) is 11.5. The van der Waals surface area contributed by atoms with E-state index in [1.165, 1.54) is 11.1 Å². The molecule has 0 unspecified atom stereocenters. The topological polar surface area (TPSA) is 38.5 Å². The Kier molecular flexibility index (Phi) is 4.00. The van der Waals surface area contributed by atoms with Crippen LogP contribution in [0.4, 0.5) is 5.69 Å². The van der Waals surface area contributed by atoms with Crippen LogP contribution >= 0.6 is 0 Å². The molecule has 1 atom stereocenters. The number of morpholine rings is 1. The van der Waals surface area contributed by atoms with E-state index in [1.54, 1.807) is 0 Å². The maximum Gasteiger partial charge on any atom is 0.0952 e. The maximum atomic E-state index is 5.89. The van der Waals surface area contributed by atoms with Crippen LogP contribution in [-0.4, -0.2) is 24.6 Å². The number of nitrogens with zero attached hydrogens (tertiary/aromatic N) is 1. The third-order valence-electron chi connectivity index (χ3n) is 3.71. The van der Waals surface area contributed by atoms with Gasteiger partial charge in [-0.1, -0.05) is 42.5 Å². The molecule has 0 aliphatic carbocycles. The molecule has 3 heteroatoms. The minimum atomic E-state index is 0.146. The van der Waals surface area contributed by atoms with E-state index >= 15 is 0 Å². The van der Waals surface area contributed by atoms with Crippen LogP contribution < -0.4 is 5.73 Å². The van der Waals surface area contributed by atoms with Gasteiger partial charge in [0.2, 0.25) is 0 Å². The van der Waals surface area contributed by atoms with Crippen LogP contribution in [0.3, 0.4) is 0 Å². The Morgan fingerprint density at radius 1 is 1.05 bits per heavy atom. The van der Waals surface area contributed by atoms with Gasteiger partial charge in [0.05, 0.1) is 12.7 Å². The number of nitrogens with two attached hydrogens (primary N) is 1. The molecule has 1 aliphatic heterocycles. The molecule has 1 aliphatic rings. The Labute approximate surface area is 120 Å². The largest absolute Gasteiger partial charge is 0.399 e. The normalized spacial score (nSPS) is 19.9. The maximum absolute atomic E-state index is 5.89. The van der Waals surface area contributed by atoms with Crippen molar-refractivity contribution in [2.24, 2.45) is 0 Å². The lowest BCUT2D eigenvalue weighted by molar-refractivity contribution is -0.0329. The summed E-state index contributed by atoms with van der Waals surface area (Å²) in [6, 6.07) is 18.6. The zero-order valence-corrected chi connectivity index (χ0v) is 11.5. The van der Waals surface area contributed by atoms with Crippen molar-refractivity contribution >= 4 is 5.69 Å². The SMILES string of the molecule is Nc1ccc([C@@H]2CN(Cc3ccccc3)CCO2)cc1. The molecule has 1 fully saturated rings. The lowest BCUT2D eigenvalue weighted by atomic mass is 10.1. The van der Waals surface area contributed by atoms with Crippen LogP contribution in [0.1, 0.15) is 17.2 Å². The number of hydrogen-bond donors (Lipinski definition) is 1. The molecule has 2 aromatic rings. The molecule has 0 bridgehead atoms. The van der Waals surface area contributed by atoms with Crippen LogP contribution in [0.25, 0.3) is 0 Å². The highest BCUT2D eigenvalue weighted by Gasteiger charge is 2.21. The van der Waals surface area contributed by atoms with Gasteiger partial charge in [-0.2, -0.15) is 0 Å². The van der Waals surface area contributed by atoms with E-state index in [1.807, 2.05) is 12.1 Å². The second kappa shape index (κ2) is 6.07. The molecule has 3 nitrogen and oxygen atoms in total. The molecule has 0 radical (unpaired) electrons. The van der Waals surface area contributed by atoms with Gasteiger partial charge in [-0.25, -0.2) is 0 Å². The summed E-state index contributed by atoms with van der Waals surface area (Å²) in [4.78, 5) is 2.44. The minimum absolute atomic E-state index is 0.146. The Bertz CT molecular complexity index is 539. The molecule has 1 saturated heterocycles. The summed E-state index contributed by atoms with van der Waals surface area (Å²) in [5.74, 6) is 0. The first-order valence-electron chi connectivity index (χ1n) is 7.04. The van der Waals surface area contributed by atoms with Crippen molar-refractivity contribution < 1.29 is 4.74 Å². The van der Waals surface area contributed by atoms with E-state index in [-0.39, 0.29) is 6.10 Å². The molecular formula is C17H20N2O. The van der Waals surface area contributed by atoms with Crippen molar-refractivity contribution in [2.75, 3.05) is 25.4 Å². The molecule has 2 N–H and O–H groups in total. The third kappa shape index (κ3) is 3.18. The highest BCUT2D eigenvalue weighted by atomic mass is 16.5. The quantitative estimate of drug-likeness (QED) is 0.870. The van der Waals surface area contributed by atoms with E-state index in [4.69, 9.17) is 10.5 Å². The lowest BCUT2D eigenvalue weighted by Gasteiger charge is -2.33. The van der Waals surface area contributed by atoms with Crippen molar-refractivity contribution in [3.05, 3.63) is 65.7 Å². The van der Waals surface area contributed by atoms with Gasteiger partial charge < -0.3 is 10.5 Å². The van der Waals surface area contributed by atoms with Gasteiger partial charge in [-0.3, -0.25) is 4.90 Å². The summed E-state index contributed by atoms with van der Waals surface area (Å²) < 4.78 is 5.89. The monoisotopic (exact) mass is 268 g/mol. The first-order chi connectivity index (χ1) is 9.81. The van der Waals surface area contributed by atoms with Crippen molar-refractivity contribution in [2.45, 2.75) is 12.6 Å². The fraction of sp³-hybridized carbons (Fsp3) is 0.294. The standard InChI is InChI=1S/C17H20N2O/c18-16-8-6-15(7-9-16)17-13-19(10-11-20-17)12-14-4-2-1-3-5-14/h1-9,17H,10-13,18H2/t17-/m0/s1. The van der Waals surface area contributed by atoms with E-state index in [0.717, 1.165) is 31.9 Å². The number of rotatable bonds is 3. The van der Waals surface area contributed by atoms with Gasteiger partial charge in [-0.15, -0.1) is 0 Å². The highest BCUT2D eigenvalue weighted by Crippen LogP contribution is 2.24. The third-order valence-corrected chi connectivity index (χ3v) is 3.71. The smallest absolute Gasteiger partial charge is 0.0952 e. The fourth-order valence-electron chi connectivity index (χ4n) is 2.60.